The van der Waals surface area contributed by atoms with Crippen molar-refractivity contribution in [1.29, 1.82) is 0 Å². The number of halogens is 1. The van der Waals surface area contributed by atoms with Crippen molar-refractivity contribution in [3.05, 3.63) is 83.9 Å². The first-order chi connectivity index (χ1) is 16.2. The normalized spacial score (nSPS) is 14.6. The fourth-order valence-electron chi connectivity index (χ4n) is 3.35. The average molecular weight is 480 g/mol. The van der Waals surface area contributed by atoms with Crippen molar-refractivity contribution < 1.29 is 14.3 Å². The highest BCUT2D eigenvalue weighted by atomic mass is 35.5. The van der Waals surface area contributed by atoms with E-state index in [9.17, 15) is 4.79 Å². The fourth-order valence-corrected chi connectivity index (χ4v) is 4.27. The highest BCUT2D eigenvalue weighted by Gasteiger charge is 2.29. The summed E-state index contributed by atoms with van der Waals surface area (Å²) in [6.07, 6.45) is 1.11. The number of hydrogen-bond acceptors (Lipinski definition) is 7. The molecule has 5 rings (SSSR count). The molecule has 0 radical (unpaired) electrons. The molecule has 0 unspecified atom stereocenters. The first-order valence-corrected chi connectivity index (χ1v) is 11.5. The lowest BCUT2D eigenvalue weighted by atomic mass is 10.2. The van der Waals surface area contributed by atoms with E-state index in [0.717, 1.165) is 5.69 Å². The minimum atomic E-state index is -0.454. The summed E-state index contributed by atoms with van der Waals surface area (Å²) >= 11 is 7.29. The molecule has 1 atom stereocenters. The summed E-state index contributed by atoms with van der Waals surface area (Å²) in [5.41, 5.74) is 1.32. The second-order valence-corrected chi connectivity index (χ2v) is 8.36. The monoisotopic (exact) mass is 479 g/mol. The third-order valence-electron chi connectivity index (χ3n) is 4.83. The molecule has 33 heavy (non-hydrogen) atoms. The molecule has 3 heterocycles. The maximum atomic E-state index is 12.5. The van der Waals surface area contributed by atoms with Crippen molar-refractivity contribution in [3.8, 4) is 17.2 Å². The summed E-state index contributed by atoms with van der Waals surface area (Å²) in [4.78, 5) is 16.5. The van der Waals surface area contributed by atoms with E-state index in [1.54, 1.807) is 18.3 Å². The van der Waals surface area contributed by atoms with Gasteiger partial charge in [-0.1, -0.05) is 53.7 Å². The van der Waals surface area contributed by atoms with Crippen LogP contribution in [0.1, 0.15) is 11.9 Å². The van der Waals surface area contributed by atoms with E-state index in [2.05, 4.69) is 20.5 Å². The lowest BCUT2D eigenvalue weighted by Gasteiger charge is -2.26. The van der Waals surface area contributed by atoms with Crippen LogP contribution in [-0.4, -0.2) is 38.0 Å². The molecule has 8 nitrogen and oxygen atoms in total. The van der Waals surface area contributed by atoms with Gasteiger partial charge in [-0.15, -0.1) is 10.2 Å². The largest absolute Gasteiger partial charge is 0.485 e. The van der Waals surface area contributed by atoms with Gasteiger partial charge in [0, 0.05) is 11.9 Å². The zero-order valence-electron chi connectivity index (χ0n) is 17.2. The number of benzene rings is 2. The number of hydrogen-bond donors (Lipinski definition) is 1. The van der Waals surface area contributed by atoms with Gasteiger partial charge in [-0.25, -0.2) is 4.98 Å². The molecule has 1 N–H and O–H groups in total. The first kappa shape index (κ1) is 21.3. The van der Waals surface area contributed by atoms with Crippen molar-refractivity contribution >= 4 is 35.0 Å². The molecule has 0 saturated carbocycles. The standard InChI is InChI=1S/C23H18ClN5O3S/c24-21-16(9-6-12-25-21)26-20(30)14-33-23-28-27-22(29(23)15-7-2-1-3-8-15)19-13-31-17-10-4-5-11-18(17)32-19/h1-12,19H,13-14H2,(H,26,30)/t19-/m1/s1. The van der Waals surface area contributed by atoms with Crippen molar-refractivity contribution in [1.82, 2.24) is 19.7 Å². The van der Waals surface area contributed by atoms with Crippen molar-refractivity contribution in [3.63, 3.8) is 0 Å². The Labute approximate surface area is 198 Å². The quantitative estimate of drug-likeness (QED) is 0.320. The lowest BCUT2D eigenvalue weighted by molar-refractivity contribution is -0.113. The number of ether oxygens (including phenoxy) is 2. The number of anilines is 1. The van der Waals surface area contributed by atoms with Crippen LogP contribution in [0.15, 0.2) is 78.1 Å². The number of nitrogens with zero attached hydrogens (tertiary/aromatic N) is 4. The number of pyridine rings is 1. The maximum absolute atomic E-state index is 12.5. The van der Waals surface area contributed by atoms with Crippen LogP contribution < -0.4 is 14.8 Å². The molecule has 1 aliphatic rings. The zero-order chi connectivity index (χ0) is 22.6. The Kier molecular flexibility index (Phi) is 6.14. The summed E-state index contributed by atoms with van der Waals surface area (Å²) in [6.45, 7) is 0.298. The average Bonchev–Trinajstić information content (AvgIpc) is 3.28. The minimum absolute atomic E-state index is 0.112. The van der Waals surface area contributed by atoms with Gasteiger partial charge in [-0.05, 0) is 36.4 Å². The molecule has 0 saturated heterocycles. The molecule has 0 fully saturated rings. The van der Waals surface area contributed by atoms with Crippen LogP contribution in [0.25, 0.3) is 5.69 Å². The van der Waals surface area contributed by atoms with Gasteiger partial charge in [0.1, 0.15) is 6.61 Å². The van der Waals surface area contributed by atoms with Gasteiger partial charge in [-0.3, -0.25) is 9.36 Å². The summed E-state index contributed by atoms with van der Waals surface area (Å²) in [6, 6.07) is 20.6. The SMILES string of the molecule is O=C(CSc1nnc([C@H]2COc3ccccc3O2)n1-c1ccccc1)Nc1cccnc1Cl. The molecule has 4 aromatic rings. The number of thioether (sulfide) groups is 1. The van der Waals surface area contributed by atoms with Crippen LogP contribution in [0.2, 0.25) is 5.15 Å². The number of amides is 1. The Morgan fingerprint density at radius 1 is 1.06 bits per heavy atom. The highest BCUT2D eigenvalue weighted by molar-refractivity contribution is 7.99. The Bertz CT molecular complexity index is 1280. The van der Waals surface area contributed by atoms with Crippen LogP contribution >= 0.6 is 23.4 Å². The Morgan fingerprint density at radius 2 is 1.85 bits per heavy atom. The Morgan fingerprint density at radius 3 is 2.67 bits per heavy atom. The summed E-state index contributed by atoms with van der Waals surface area (Å²) in [5.74, 6) is 1.82. The third-order valence-corrected chi connectivity index (χ3v) is 6.07. The molecule has 1 amide bonds. The number of para-hydroxylation sites is 3. The fraction of sp³-hybridized carbons (Fsp3) is 0.130. The molecular weight excluding hydrogens is 462 g/mol. The van der Waals surface area contributed by atoms with Gasteiger partial charge >= 0.3 is 0 Å². The van der Waals surface area contributed by atoms with E-state index < -0.39 is 6.10 Å². The van der Waals surface area contributed by atoms with Crippen LogP contribution in [0.5, 0.6) is 11.5 Å². The van der Waals surface area contributed by atoms with Gasteiger partial charge < -0.3 is 14.8 Å². The topological polar surface area (TPSA) is 91.2 Å². The molecule has 0 aliphatic carbocycles. The van der Waals surface area contributed by atoms with Crippen molar-refractivity contribution in [2.45, 2.75) is 11.3 Å². The van der Waals surface area contributed by atoms with Gasteiger partial charge in [0.25, 0.3) is 0 Å². The zero-order valence-corrected chi connectivity index (χ0v) is 18.8. The predicted molar refractivity (Wildman–Crippen MR) is 125 cm³/mol. The molecule has 1 aliphatic heterocycles. The highest BCUT2D eigenvalue weighted by Crippen LogP contribution is 2.37. The molecule has 2 aromatic heterocycles. The van der Waals surface area contributed by atoms with Crippen LogP contribution in [0.3, 0.4) is 0 Å². The number of aromatic nitrogens is 4. The molecule has 10 heteroatoms. The van der Waals surface area contributed by atoms with Crippen molar-refractivity contribution in [2.75, 3.05) is 17.7 Å². The van der Waals surface area contributed by atoms with E-state index in [1.807, 2.05) is 59.2 Å². The van der Waals surface area contributed by atoms with E-state index in [-0.39, 0.29) is 16.8 Å². The molecule has 0 spiro atoms. The van der Waals surface area contributed by atoms with Crippen LogP contribution in [0.4, 0.5) is 5.69 Å². The van der Waals surface area contributed by atoms with E-state index in [1.165, 1.54) is 11.8 Å². The summed E-state index contributed by atoms with van der Waals surface area (Å²) in [7, 11) is 0. The maximum Gasteiger partial charge on any atom is 0.234 e. The smallest absolute Gasteiger partial charge is 0.234 e. The molecular formula is C23H18ClN5O3S. The van der Waals surface area contributed by atoms with Gasteiger partial charge in [0.2, 0.25) is 5.91 Å². The minimum Gasteiger partial charge on any atom is -0.485 e. The predicted octanol–water partition coefficient (Wildman–Crippen LogP) is 4.56. The number of fused-ring (bicyclic) bond motifs is 1. The summed E-state index contributed by atoms with van der Waals surface area (Å²) in [5, 5.41) is 12.3. The second-order valence-electron chi connectivity index (χ2n) is 7.05. The van der Waals surface area contributed by atoms with Gasteiger partial charge in [0.15, 0.2) is 33.7 Å². The third kappa shape index (κ3) is 4.64. The summed E-state index contributed by atoms with van der Waals surface area (Å²) < 4.78 is 13.9. The van der Waals surface area contributed by atoms with Gasteiger partial charge in [-0.2, -0.15) is 0 Å². The Hall–Kier alpha value is -3.56. The van der Waals surface area contributed by atoms with Crippen molar-refractivity contribution in [2.24, 2.45) is 0 Å². The first-order valence-electron chi connectivity index (χ1n) is 10.1. The number of carbonyl (C=O) groups excluding carboxylic acids is 1. The van der Waals surface area contributed by atoms with E-state index in [4.69, 9.17) is 21.1 Å². The van der Waals surface area contributed by atoms with E-state index >= 15 is 0 Å². The lowest BCUT2D eigenvalue weighted by Crippen LogP contribution is -2.24. The number of rotatable bonds is 6. The number of carbonyl (C=O) groups is 1. The molecule has 2 aromatic carbocycles. The van der Waals surface area contributed by atoms with Crippen LogP contribution in [-0.2, 0) is 4.79 Å². The molecule has 166 valence electrons. The van der Waals surface area contributed by atoms with E-state index in [0.29, 0.717) is 34.8 Å². The second kappa shape index (κ2) is 9.51. The number of nitrogens with one attached hydrogen (secondary N) is 1. The van der Waals surface area contributed by atoms with Gasteiger partial charge in [0.05, 0.1) is 11.4 Å². The Balaban J connectivity index is 1.39. The van der Waals surface area contributed by atoms with Crippen LogP contribution in [0, 0.1) is 0 Å². The molecule has 0 bridgehead atoms.